The zero-order valence-electron chi connectivity index (χ0n) is 14.6. The third-order valence-electron chi connectivity index (χ3n) is 4.01. The van der Waals surface area contributed by atoms with Crippen molar-refractivity contribution in [1.82, 2.24) is 0 Å². The van der Waals surface area contributed by atoms with Gasteiger partial charge in [-0.05, 0) is 52.3 Å². The number of rotatable bonds is 5. The molecule has 1 aromatic carbocycles. The number of hydrogen-bond acceptors (Lipinski definition) is 3. The van der Waals surface area contributed by atoms with Gasteiger partial charge in [0.05, 0.1) is 17.3 Å². The topological polar surface area (TPSA) is 53.3 Å². The molecule has 1 amide bonds. The van der Waals surface area contributed by atoms with E-state index >= 15 is 0 Å². The lowest BCUT2D eigenvalue weighted by molar-refractivity contribution is -0.117. The van der Waals surface area contributed by atoms with E-state index in [9.17, 15) is 14.4 Å². The number of nitriles is 1. The predicted molar refractivity (Wildman–Crippen MR) is 95.2 cm³/mol. The normalized spacial score (nSPS) is 19.4. The Labute approximate surface area is 146 Å². The highest BCUT2D eigenvalue weighted by Crippen LogP contribution is 2.31. The van der Waals surface area contributed by atoms with Gasteiger partial charge in [-0.25, -0.2) is 4.39 Å². The number of amides is 1. The van der Waals surface area contributed by atoms with E-state index in [-0.39, 0.29) is 27.9 Å². The van der Waals surface area contributed by atoms with Gasteiger partial charge in [-0.1, -0.05) is 0 Å². The fourth-order valence-corrected chi connectivity index (χ4v) is 4.59. The molecule has 0 aromatic heterocycles. The van der Waals surface area contributed by atoms with Crippen molar-refractivity contribution in [2.24, 2.45) is 0 Å². The highest BCUT2D eigenvalue weighted by atomic mass is 32.2. The maximum Gasteiger partial charge on any atom is 0.227 e. The molecule has 0 radical (unpaired) electrons. The Morgan fingerprint density at radius 2 is 2.17 bits per heavy atom. The van der Waals surface area contributed by atoms with Gasteiger partial charge in [-0.3, -0.25) is 4.79 Å². The van der Waals surface area contributed by atoms with Crippen LogP contribution in [0.15, 0.2) is 18.2 Å². The highest BCUT2D eigenvalue weighted by molar-refractivity contribution is 7.93. The Hall–Kier alpha value is -1.58. The van der Waals surface area contributed by atoms with Gasteiger partial charge in [0.15, 0.2) is 15.9 Å². The second kappa shape index (κ2) is 7.54. The molecule has 1 fully saturated rings. The molecule has 1 aliphatic rings. The first-order chi connectivity index (χ1) is 11.3. The van der Waals surface area contributed by atoms with Crippen LogP contribution in [0, 0.1) is 17.1 Å². The van der Waals surface area contributed by atoms with Crippen LogP contribution in [-0.4, -0.2) is 29.1 Å². The van der Waals surface area contributed by atoms with Crippen molar-refractivity contribution < 1.29 is 13.4 Å². The van der Waals surface area contributed by atoms with Crippen molar-refractivity contribution in [2.75, 3.05) is 17.3 Å². The van der Waals surface area contributed by atoms with Crippen molar-refractivity contribution in [3.8, 4) is 6.07 Å². The monoisotopic (exact) mass is 351 g/mol. The van der Waals surface area contributed by atoms with E-state index in [1.165, 1.54) is 18.2 Å². The molecular formula is C18H24FN2O2S+. The largest absolute Gasteiger partial charge is 0.305 e. The summed E-state index contributed by atoms with van der Waals surface area (Å²) in [4.78, 5) is 13.9. The minimum Gasteiger partial charge on any atom is -0.305 e. The molecule has 1 unspecified atom stereocenters. The quantitative estimate of drug-likeness (QED) is 0.762. The van der Waals surface area contributed by atoms with E-state index in [2.05, 4.69) is 27.7 Å². The van der Waals surface area contributed by atoms with E-state index in [1.54, 1.807) is 4.90 Å². The second-order valence-electron chi connectivity index (χ2n) is 6.76. The van der Waals surface area contributed by atoms with Crippen molar-refractivity contribution in [3.05, 3.63) is 29.6 Å². The van der Waals surface area contributed by atoms with Gasteiger partial charge in [0.25, 0.3) is 0 Å². The molecule has 0 bridgehead atoms. The summed E-state index contributed by atoms with van der Waals surface area (Å²) < 4.78 is 19.8. The summed E-state index contributed by atoms with van der Waals surface area (Å²) in [5.41, 5.74) is 0.655. The Bertz CT molecular complexity index is 651. The molecule has 6 heteroatoms. The SMILES string of the molecule is CC[S+](OC[C@@H]1CCC(=O)N1c1cc(F)ccc1C#N)C(C)(C)C. The summed E-state index contributed by atoms with van der Waals surface area (Å²) in [5, 5.41) is 9.26. The number of hydrogen-bond donors (Lipinski definition) is 0. The highest BCUT2D eigenvalue weighted by Gasteiger charge is 2.39. The standard InChI is InChI=1S/C18H24FN2O2S/c1-5-24(18(2,3)4)23-12-15-8-9-17(22)21(15)16-10-14(19)7-6-13(16)11-20/h6-7,10,15H,5,8-9,12H2,1-4H3/q+1/t15-,24?/m0/s1. The molecular weight excluding hydrogens is 327 g/mol. The Balaban J connectivity index is 2.21. The van der Waals surface area contributed by atoms with Crippen LogP contribution >= 0.6 is 0 Å². The molecule has 1 heterocycles. The third-order valence-corrected chi connectivity index (χ3v) is 6.32. The van der Waals surface area contributed by atoms with Crippen molar-refractivity contribution in [3.63, 3.8) is 0 Å². The molecule has 0 saturated carbocycles. The van der Waals surface area contributed by atoms with Crippen LogP contribution in [0.3, 0.4) is 0 Å². The molecule has 0 aliphatic carbocycles. The Morgan fingerprint density at radius 3 is 2.75 bits per heavy atom. The maximum absolute atomic E-state index is 13.6. The second-order valence-corrected chi connectivity index (χ2v) is 9.49. The minimum atomic E-state index is -0.452. The van der Waals surface area contributed by atoms with E-state index in [0.29, 0.717) is 30.7 Å². The molecule has 1 aromatic rings. The van der Waals surface area contributed by atoms with E-state index in [1.807, 2.05) is 6.07 Å². The van der Waals surface area contributed by atoms with E-state index in [4.69, 9.17) is 4.18 Å². The van der Waals surface area contributed by atoms with Gasteiger partial charge in [-0.15, -0.1) is 0 Å². The first-order valence-corrected chi connectivity index (χ1v) is 9.45. The lowest BCUT2D eigenvalue weighted by Crippen LogP contribution is -2.40. The molecule has 4 nitrogen and oxygen atoms in total. The molecule has 0 N–H and O–H groups in total. The van der Waals surface area contributed by atoms with Crippen molar-refractivity contribution in [2.45, 2.75) is 51.3 Å². The van der Waals surface area contributed by atoms with Crippen LogP contribution in [0.5, 0.6) is 0 Å². The number of halogens is 1. The average Bonchev–Trinajstić information content (AvgIpc) is 2.87. The van der Waals surface area contributed by atoms with Gasteiger partial charge in [0, 0.05) is 6.42 Å². The molecule has 24 heavy (non-hydrogen) atoms. The zero-order chi connectivity index (χ0) is 17.9. The van der Waals surface area contributed by atoms with Crippen molar-refractivity contribution in [1.29, 1.82) is 5.26 Å². The summed E-state index contributed by atoms with van der Waals surface area (Å²) in [5.74, 6) is 0.373. The van der Waals surface area contributed by atoms with Gasteiger partial charge >= 0.3 is 0 Å². The summed E-state index contributed by atoms with van der Waals surface area (Å²) in [6.07, 6.45) is 1.05. The van der Waals surface area contributed by atoms with Crippen LogP contribution < -0.4 is 4.90 Å². The fraction of sp³-hybridized carbons (Fsp3) is 0.556. The van der Waals surface area contributed by atoms with Crippen LogP contribution in [0.25, 0.3) is 0 Å². The van der Waals surface area contributed by atoms with Gasteiger partial charge in [0.2, 0.25) is 5.91 Å². The Kier molecular flexibility index (Phi) is 5.89. The van der Waals surface area contributed by atoms with E-state index < -0.39 is 5.82 Å². The summed E-state index contributed by atoms with van der Waals surface area (Å²) in [6, 6.07) is 5.80. The van der Waals surface area contributed by atoms with Crippen LogP contribution in [0.2, 0.25) is 0 Å². The zero-order valence-corrected chi connectivity index (χ0v) is 15.5. The summed E-state index contributed by atoms with van der Waals surface area (Å²) in [6.45, 7) is 8.90. The molecule has 2 atom stereocenters. The molecule has 0 spiro atoms. The molecule has 1 saturated heterocycles. The lowest BCUT2D eigenvalue weighted by atomic mass is 10.1. The molecule has 1 aliphatic heterocycles. The molecule has 2 rings (SSSR count). The van der Waals surface area contributed by atoms with Crippen molar-refractivity contribution >= 4 is 22.8 Å². The molecule has 130 valence electrons. The Morgan fingerprint density at radius 1 is 1.46 bits per heavy atom. The number of carbonyl (C=O) groups excluding carboxylic acids is 1. The maximum atomic E-state index is 13.6. The first-order valence-electron chi connectivity index (χ1n) is 8.14. The smallest absolute Gasteiger partial charge is 0.227 e. The van der Waals surface area contributed by atoms with Crippen LogP contribution in [0.1, 0.15) is 46.1 Å². The summed E-state index contributed by atoms with van der Waals surface area (Å²) >= 11 is -0.216. The van der Waals surface area contributed by atoms with Crippen LogP contribution in [-0.2, 0) is 20.2 Å². The lowest BCUT2D eigenvalue weighted by Gasteiger charge is -2.26. The predicted octanol–water partition coefficient (Wildman–Crippen LogP) is 3.56. The van der Waals surface area contributed by atoms with Gasteiger partial charge < -0.3 is 4.90 Å². The number of anilines is 1. The number of carbonyl (C=O) groups is 1. The average molecular weight is 351 g/mol. The third kappa shape index (κ3) is 4.08. The van der Waals surface area contributed by atoms with Gasteiger partial charge in [-0.2, -0.15) is 9.44 Å². The van der Waals surface area contributed by atoms with E-state index in [0.717, 1.165) is 5.75 Å². The summed E-state index contributed by atoms with van der Waals surface area (Å²) in [7, 11) is 0. The number of nitrogens with zero attached hydrogens (tertiary/aromatic N) is 2. The fourth-order valence-electron chi connectivity index (χ4n) is 2.88. The van der Waals surface area contributed by atoms with Crippen LogP contribution in [0.4, 0.5) is 10.1 Å². The first kappa shape index (κ1) is 18.8. The minimum absolute atomic E-state index is 0.0405. The van der Waals surface area contributed by atoms with Gasteiger partial charge in [0.1, 0.15) is 24.2 Å². The number of benzene rings is 1.